The fraction of sp³-hybridized carbons (Fsp3) is 0. The predicted molar refractivity (Wildman–Crippen MR) is 112 cm³/mol. The topological polar surface area (TPSA) is 0 Å². The summed E-state index contributed by atoms with van der Waals surface area (Å²) < 4.78 is 0. The molecule has 0 aliphatic heterocycles. The third-order valence-electron chi connectivity index (χ3n) is 3.72. The number of thiol groups is 2. The van der Waals surface area contributed by atoms with Crippen molar-refractivity contribution in [3.8, 4) is 0 Å². The van der Waals surface area contributed by atoms with E-state index in [0.29, 0.717) is 0 Å². The van der Waals surface area contributed by atoms with Crippen molar-refractivity contribution in [3.63, 3.8) is 0 Å². The second-order valence-corrected chi connectivity index (χ2v) is 6.41. The lowest BCUT2D eigenvalue weighted by Crippen LogP contribution is -1.78. The molecular formula is C22H18S2. The molecule has 0 atom stereocenters. The highest BCUT2D eigenvalue weighted by atomic mass is 32.1. The maximum atomic E-state index is 4.46. The van der Waals surface area contributed by atoms with E-state index >= 15 is 0 Å². The minimum atomic E-state index is 0.985. The first-order valence-corrected chi connectivity index (χ1v) is 8.64. The highest BCUT2D eigenvalue weighted by molar-refractivity contribution is 7.80. The molecule has 0 unspecified atom stereocenters. The maximum absolute atomic E-state index is 4.46. The van der Waals surface area contributed by atoms with Crippen molar-refractivity contribution < 1.29 is 0 Å². The Kier molecular flexibility index (Phi) is 5.63. The van der Waals surface area contributed by atoms with Crippen LogP contribution in [0.1, 0.15) is 22.3 Å². The smallest absolute Gasteiger partial charge is 0.0113 e. The van der Waals surface area contributed by atoms with Crippen LogP contribution in [0.3, 0.4) is 0 Å². The molecule has 0 fully saturated rings. The second kappa shape index (κ2) is 8.09. The van der Waals surface area contributed by atoms with E-state index in [4.69, 9.17) is 0 Å². The fourth-order valence-corrected chi connectivity index (χ4v) is 2.82. The summed E-state index contributed by atoms with van der Waals surface area (Å²) in [5.41, 5.74) is 4.57. The van der Waals surface area contributed by atoms with E-state index < -0.39 is 0 Å². The normalized spacial score (nSPS) is 11.4. The molecule has 3 aromatic carbocycles. The monoisotopic (exact) mass is 346 g/mol. The lowest BCUT2D eigenvalue weighted by atomic mass is 10.1. The van der Waals surface area contributed by atoms with E-state index in [0.717, 1.165) is 20.9 Å². The molecule has 0 nitrogen and oxygen atoms in total. The van der Waals surface area contributed by atoms with Crippen LogP contribution in [0.2, 0.25) is 0 Å². The van der Waals surface area contributed by atoms with Crippen LogP contribution in [0.15, 0.2) is 82.6 Å². The molecule has 0 radical (unpaired) electrons. The third kappa shape index (κ3) is 4.44. The molecule has 0 aliphatic carbocycles. The van der Waals surface area contributed by atoms with Gasteiger partial charge in [0, 0.05) is 9.79 Å². The molecule has 0 saturated heterocycles. The zero-order valence-electron chi connectivity index (χ0n) is 13.1. The van der Waals surface area contributed by atoms with Crippen LogP contribution < -0.4 is 0 Å². The Morgan fingerprint density at radius 1 is 0.458 bits per heavy atom. The van der Waals surface area contributed by atoms with E-state index in [9.17, 15) is 0 Å². The molecule has 0 aromatic heterocycles. The summed E-state index contributed by atoms with van der Waals surface area (Å²) in [7, 11) is 0. The Balaban J connectivity index is 1.72. The van der Waals surface area contributed by atoms with Gasteiger partial charge in [0.15, 0.2) is 0 Å². The van der Waals surface area contributed by atoms with Gasteiger partial charge in [-0.1, -0.05) is 85.0 Å². The first-order chi connectivity index (χ1) is 11.7. The van der Waals surface area contributed by atoms with Crippen molar-refractivity contribution in [2.24, 2.45) is 0 Å². The van der Waals surface area contributed by atoms with E-state index in [1.165, 1.54) is 11.1 Å². The lowest BCUT2D eigenvalue weighted by molar-refractivity contribution is 1.44. The van der Waals surface area contributed by atoms with Crippen LogP contribution in [-0.4, -0.2) is 0 Å². The van der Waals surface area contributed by atoms with Gasteiger partial charge in [0.25, 0.3) is 0 Å². The average Bonchev–Trinajstić information content (AvgIpc) is 2.61. The minimum absolute atomic E-state index is 0.985. The highest BCUT2D eigenvalue weighted by Crippen LogP contribution is 2.18. The zero-order valence-corrected chi connectivity index (χ0v) is 14.9. The van der Waals surface area contributed by atoms with Gasteiger partial charge >= 0.3 is 0 Å². The van der Waals surface area contributed by atoms with Gasteiger partial charge in [-0.3, -0.25) is 0 Å². The molecule has 118 valence electrons. The van der Waals surface area contributed by atoms with E-state index in [1.54, 1.807) is 0 Å². The first kappa shape index (κ1) is 16.7. The number of benzene rings is 3. The van der Waals surface area contributed by atoms with Crippen LogP contribution in [0, 0.1) is 0 Å². The van der Waals surface area contributed by atoms with Crippen LogP contribution in [0.5, 0.6) is 0 Å². The molecule has 0 saturated carbocycles. The Bertz CT molecular complexity index is 800. The molecule has 0 spiro atoms. The quantitative estimate of drug-likeness (QED) is 0.386. The summed E-state index contributed by atoms with van der Waals surface area (Å²) >= 11 is 8.93. The predicted octanol–water partition coefficient (Wildman–Crippen LogP) is 6.60. The van der Waals surface area contributed by atoms with Crippen molar-refractivity contribution >= 4 is 49.6 Å². The SMILES string of the molecule is Sc1ccccc1/C=C/c1ccc(/C=C/c2ccccc2S)cc1. The Morgan fingerprint density at radius 3 is 1.21 bits per heavy atom. The Labute approximate surface area is 154 Å². The maximum Gasteiger partial charge on any atom is 0.0113 e. The van der Waals surface area contributed by atoms with E-state index in [2.05, 4.69) is 86.0 Å². The van der Waals surface area contributed by atoms with Gasteiger partial charge in [0.1, 0.15) is 0 Å². The molecule has 3 rings (SSSR count). The first-order valence-electron chi connectivity index (χ1n) is 7.74. The second-order valence-electron chi connectivity index (χ2n) is 5.45. The van der Waals surface area contributed by atoms with Crippen LogP contribution in [0.4, 0.5) is 0 Å². The average molecular weight is 347 g/mol. The summed E-state index contributed by atoms with van der Waals surface area (Å²) in [6.45, 7) is 0. The molecule has 24 heavy (non-hydrogen) atoms. The molecule has 0 bridgehead atoms. The summed E-state index contributed by atoms with van der Waals surface area (Å²) in [5, 5.41) is 0. The van der Waals surface area contributed by atoms with Gasteiger partial charge in [0.2, 0.25) is 0 Å². The molecule has 0 N–H and O–H groups in total. The molecule has 0 heterocycles. The van der Waals surface area contributed by atoms with E-state index in [-0.39, 0.29) is 0 Å². The highest BCUT2D eigenvalue weighted by Gasteiger charge is 1.94. The molecule has 2 heteroatoms. The van der Waals surface area contributed by atoms with Crippen molar-refractivity contribution in [3.05, 3.63) is 95.1 Å². The summed E-state index contributed by atoms with van der Waals surface area (Å²) in [5.74, 6) is 0. The number of rotatable bonds is 4. The Morgan fingerprint density at radius 2 is 0.833 bits per heavy atom. The molecular weight excluding hydrogens is 328 g/mol. The largest absolute Gasteiger partial charge is 0.143 e. The zero-order chi connectivity index (χ0) is 16.8. The number of hydrogen-bond acceptors (Lipinski definition) is 2. The molecule has 0 amide bonds. The van der Waals surface area contributed by atoms with Crippen molar-refractivity contribution in [1.29, 1.82) is 0 Å². The van der Waals surface area contributed by atoms with Gasteiger partial charge in [-0.25, -0.2) is 0 Å². The number of hydrogen-bond donors (Lipinski definition) is 2. The van der Waals surface area contributed by atoms with Crippen LogP contribution in [-0.2, 0) is 0 Å². The van der Waals surface area contributed by atoms with E-state index in [1.807, 2.05) is 36.4 Å². The van der Waals surface area contributed by atoms with Gasteiger partial charge in [-0.15, -0.1) is 25.3 Å². The summed E-state index contributed by atoms with van der Waals surface area (Å²) in [6.07, 6.45) is 8.38. The van der Waals surface area contributed by atoms with Gasteiger partial charge in [-0.05, 0) is 34.4 Å². The third-order valence-corrected chi connectivity index (χ3v) is 4.54. The summed E-state index contributed by atoms with van der Waals surface area (Å²) in [4.78, 5) is 1.97. The molecule has 0 aliphatic rings. The van der Waals surface area contributed by atoms with Crippen molar-refractivity contribution in [1.82, 2.24) is 0 Å². The van der Waals surface area contributed by atoms with Crippen molar-refractivity contribution in [2.45, 2.75) is 9.79 Å². The van der Waals surface area contributed by atoms with Crippen LogP contribution in [0.25, 0.3) is 24.3 Å². The van der Waals surface area contributed by atoms with Gasteiger partial charge in [-0.2, -0.15) is 0 Å². The summed E-state index contributed by atoms with van der Waals surface area (Å²) in [6, 6.07) is 24.6. The Hall–Kier alpha value is -2.16. The van der Waals surface area contributed by atoms with Gasteiger partial charge in [0.05, 0.1) is 0 Å². The minimum Gasteiger partial charge on any atom is -0.143 e. The van der Waals surface area contributed by atoms with Crippen LogP contribution >= 0.6 is 25.3 Å². The molecule has 3 aromatic rings. The van der Waals surface area contributed by atoms with Gasteiger partial charge < -0.3 is 0 Å². The standard InChI is InChI=1S/C22H18S2/c23-21-7-3-1-5-19(21)15-13-17-9-11-18(12-10-17)14-16-20-6-2-4-8-22(20)24/h1-16,23-24H/b15-13+,16-14+. The fourth-order valence-electron chi connectivity index (χ4n) is 2.35. The lowest BCUT2D eigenvalue weighted by Gasteiger charge is -2.00. The van der Waals surface area contributed by atoms with Crippen molar-refractivity contribution in [2.75, 3.05) is 0 Å².